The molecule has 2 aromatic rings. The van der Waals surface area contributed by atoms with Crippen molar-refractivity contribution in [2.75, 3.05) is 53.4 Å². The Bertz CT molecular complexity index is 1370. The first kappa shape index (κ1) is 28.0. The van der Waals surface area contributed by atoms with Crippen LogP contribution in [0.3, 0.4) is 0 Å². The monoisotopic (exact) mass is 564 g/mol. The fraction of sp³-hybridized carbons (Fsp3) is 0.353. The van der Waals surface area contributed by atoms with Gasteiger partial charge in [-0.2, -0.15) is 0 Å². The van der Waals surface area contributed by atoms with Gasteiger partial charge in [-0.25, -0.2) is 0 Å². The van der Waals surface area contributed by atoms with Gasteiger partial charge in [-0.1, -0.05) is 48.6 Å². The molecule has 8 nitrogen and oxygen atoms in total. The van der Waals surface area contributed by atoms with E-state index in [0.717, 1.165) is 26.2 Å². The van der Waals surface area contributed by atoms with Gasteiger partial charge >= 0.3 is 0 Å². The van der Waals surface area contributed by atoms with Crippen LogP contribution in [-0.4, -0.2) is 96.6 Å². The van der Waals surface area contributed by atoms with Gasteiger partial charge in [0.15, 0.2) is 0 Å². The van der Waals surface area contributed by atoms with Crippen molar-refractivity contribution in [3.63, 3.8) is 0 Å². The first-order chi connectivity index (χ1) is 20.3. The van der Waals surface area contributed by atoms with Crippen LogP contribution in [0.2, 0.25) is 0 Å². The van der Waals surface area contributed by atoms with Crippen molar-refractivity contribution in [1.82, 2.24) is 19.6 Å². The lowest BCUT2D eigenvalue weighted by Crippen LogP contribution is -2.44. The molecule has 0 unspecified atom stereocenters. The summed E-state index contributed by atoms with van der Waals surface area (Å²) < 4.78 is 0. The predicted octanol–water partition coefficient (Wildman–Crippen LogP) is 4.16. The lowest BCUT2D eigenvalue weighted by molar-refractivity contribution is 0.0583. The molecule has 0 atom stereocenters. The third-order valence-corrected chi connectivity index (χ3v) is 8.61. The molecular weight excluding hydrogens is 528 g/mol. The zero-order valence-electron chi connectivity index (χ0n) is 24.2. The molecule has 0 N–H and O–H groups in total. The summed E-state index contributed by atoms with van der Waals surface area (Å²) in [6.45, 7) is 3.87. The maximum absolute atomic E-state index is 13.5. The number of rotatable bonds is 12. The van der Waals surface area contributed by atoms with Crippen LogP contribution in [0.15, 0.2) is 72.9 Å². The highest BCUT2D eigenvalue weighted by Gasteiger charge is 2.39. The summed E-state index contributed by atoms with van der Waals surface area (Å²) in [5, 5.41) is 0.846. The Balaban J connectivity index is 1.15. The molecule has 0 spiro atoms. The molecule has 2 aliphatic carbocycles. The molecule has 0 fully saturated rings. The van der Waals surface area contributed by atoms with Crippen LogP contribution >= 0.6 is 0 Å². The lowest BCUT2D eigenvalue weighted by atomic mass is 9.86. The van der Waals surface area contributed by atoms with E-state index in [2.05, 4.69) is 34.1 Å². The number of allylic oxidation sites excluding steroid dienone is 4. The summed E-state index contributed by atoms with van der Waals surface area (Å²) in [5.74, 6) is -0.732. The van der Waals surface area contributed by atoms with Gasteiger partial charge < -0.3 is 9.80 Å². The van der Waals surface area contributed by atoms with Crippen LogP contribution < -0.4 is 0 Å². The average molecular weight is 565 g/mol. The molecule has 4 amide bonds. The van der Waals surface area contributed by atoms with Gasteiger partial charge in [0, 0.05) is 71.0 Å². The molecule has 2 heterocycles. The molecule has 0 saturated carbocycles. The Morgan fingerprint density at radius 2 is 0.857 bits per heavy atom. The van der Waals surface area contributed by atoms with E-state index < -0.39 is 0 Å². The molecule has 0 saturated heterocycles. The molecule has 216 valence electrons. The molecular formula is C34H36N4O4. The minimum atomic E-state index is -0.377. The van der Waals surface area contributed by atoms with E-state index in [1.165, 1.54) is 9.80 Å². The van der Waals surface area contributed by atoms with Crippen LogP contribution in [-0.2, 0) is 0 Å². The molecule has 42 heavy (non-hydrogen) atoms. The average Bonchev–Trinajstić information content (AvgIpc) is 3.69. The van der Waals surface area contributed by atoms with Crippen molar-refractivity contribution in [3.8, 4) is 0 Å². The smallest absolute Gasteiger partial charge is 0.261 e. The summed E-state index contributed by atoms with van der Waals surface area (Å²) in [6, 6.07) is 6.56. The summed E-state index contributed by atoms with van der Waals surface area (Å²) in [5.41, 5.74) is 1.46. The van der Waals surface area contributed by atoms with Crippen LogP contribution in [0.1, 0.15) is 54.3 Å². The topological polar surface area (TPSA) is 81.2 Å². The second kappa shape index (κ2) is 11.6. The molecule has 0 radical (unpaired) electrons. The van der Waals surface area contributed by atoms with Crippen molar-refractivity contribution in [3.05, 3.63) is 95.1 Å². The Morgan fingerprint density at radius 3 is 1.17 bits per heavy atom. The number of benzene rings is 2. The van der Waals surface area contributed by atoms with Crippen LogP contribution in [0, 0.1) is 11.8 Å². The van der Waals surface area contributed by atoms with Crippen molar-refractivity contribution < 1.29 is 19.2 Å². The quantitative estimate of drug-likeness (QED) is 0.360. The normalized spacial score (nSPS) is 18.0. The minimum absolute atomic E-state index is 0.302. The van der Waals surface area contributed by atoms with E-state index >= 15 is 0 Å². The summed E-state index contributed by atoms with van der Waals surface area (Å²) in [6.07, 6.45) is 18.1. The highest BCUT2D eigenvalue weighted by Crippen LogP contribution is 2.38. The van der Waals surface area contributed by atoms with Crippen LogP contribution in [0.25, 0.3) is 10.8 Å². The predicted molar refractivity (Wildman–Crippen MR) is 162 cm³/mol. The number of nitrogens with zero attached hydrogens (tertiary/aromatic N) is 4. The van der Waals surface area contributed by atoms with Gasteiger partial charge in [-0.3, -0.25) is 29.0 Å². The summed E-state index contributed by atoms with van der Waals surface area (Å²) in [4.78, 5) is 61.1. The van der Waals surface area contributed by atoms with Gasteiger partial charge in [0.1, 0.15) is 0 Å². The first-order valence-corrected chi connectivity index (χ1v) is 14.7. The van der Waals surface area contributed by atoms with E-state index in [1.54, 1.807) is 24.3 Å². The van der Waals surface area contributed by atoms with Gasteiger partial charge in [0.25, 0.3) is 23.6 Å². The number of imide groups is 2. The van der Waals surface area contributed by atoms with E-state index in [1.807, 2.05) is 38.4 Å². The van der Waals surface area contributed by atoms with Crippen molar-refractivity contribution in [1.29, 1.82) is 0 Å². The van der Waals surface area contributed by atoms with Gasteiger partial charge in [-0.15, -0.1) is 0 Å². The largest absolute Gasteiger partial charge is 0.305 e. The Labute approximate surface area is 246 Å². The van der Waals surface area contributed by atoms with Gasteiger partial charge in [0.2, 0.25) is 0 Å². The molecule has 8 heteroatoms. The standard InChI is InChI=1S/C34H36N4O4/c1-35(21-23-9-3-4-10-23)17-7-19-37-31(39)25-13-15-27-30-28(16-14-26(29(25)30)32(37)40)34(42)38(33(27)41)20-8-18-36(2)22-24-11-5-6-12-24/h3-6,9-16,23-24H,7-8,17-22H2,1-2H3. The zero-order chi connectivity index (χ0) is 29.4. The van der Waals surface area contributed by atoms with E-state index in [-0.39, 0.29) is 23.6 Å². The van der Waals surface area contributed by atoms with E-state index in [0.29, 0.717) is 70.8 Å². The fourth-order valence-electron chi connectivity index (χ4n) is 6.48. The Hall–Kier alpha value is -4.14. The van der Waals surface area contributed by atoms with Crippen molar-refractivity contribution in [2.45, 2.75) is 12.8 Å². The molecule has 6 rings (SSSR count). The van der Waals surface area contributed by atoms with Crippen LogP contribution in [0.5, 0.6) is 0 Å². The van der Waals surface area contributed by atoms with Crippen molar-refractivity contribution >= 4 is 34.4 Å². The molecule has 0 aromatic heterocycles. The van der Waals surface area contributed by atoms with Gasteiger partial charge in [-0.05, 0) is 64.3 Å². The molecule has 4 aliphatic rings. The summed E-state index contributed by atoms with van der Waals surface area (Å²) in [7, 11) is 4.08. The number of hydrogen-bond acceptors (Lipinski definition) is 6. The number of hydrogen-bond donors (Lipinski definition) is 0. The van der Waals surface area contributed by atoms with Crippen molar-refractivity contribution in [2.24, 2.45) is 11.8 Å². The zero-order valence-corrected chi connectivity index (χ0v) is 24.2. The minimum Gasteiger partial charge on any atom is -0.305 e. The Morgan fingerprint density at radius 1 is 0.548 bits per heavy atom. The summed E-state index contributed by atoms with van der Waals surface area (Å²) >= 11 is 0. The highest BCUT2D eigenvalue weighted by atomic mass is 16.2. The van der Waals surface area contributed by atoms with E-state index in [4.69, 9.17) is 0 Å². The SMILES string of the molecule is CN(CCCN1C(=O)c2ccc3c4c(ccc(c24)C1=O)C(=O)N(CCCN(C)CC1C=CC=C1)C3=O)CC1C=CC=C1. The number of carbonyl (C=O) groups excluding carboxylic acids is 4. The molecule has 0 bridgehead atoms. The molecule has 2 aliphatic heterocycles. The first-order valence-electron chi connectivity index (χ1n) is 14.7. The Kier molecular flexibility index (Phi) is 7.75. The van der Waals surface area contributed by atoms with E-state index in [9.17, 15) is 19.2 Å². The number of amides is 4. The molecule has 2 aromatic carbocycles. The maximum atomic E-state index is 13.5. The lowest BCUT2D eigenvalue weighted by Gasteiger charge is -2.32. The van der Waals surface area contributed by atoms with Gasteiger partial charge in [0.05, 0.1) is 0 Å². The van der Waals surface area contributed by atoms with Crippen LogP contribution in [0.4, 0.5) is 0 Å². The third kappa shape index (κ3) is 5.16. The number of carbonyl (C=O) groups is 4. The second-order valence-electron chi connectivity index (χ2n) is 11.7. The second-order valence-corrected chi connectivity index (χ2v) is 11.7. The maximum Gasteiger partial charge on any atom is 0.261 e. The fourth-order valence-corrected chi connectivity index (χ4v) is 6.48. The third-order valence-electron chi connectivity index (χ3n) is 8.61. The highest BCUT2D eigenvalue weighted by molar-refractivity contribution is 6.33.